The van der Waals surface area contributed by atoms with Gasteiger partial charge in [-0.1, -0.05) is 290 Å². The predicted molar refractivity (Wildman–Crippen MR) is 280 cm³/mol. The monoisotopic (exact) mass is 958 g/mol. The molecule has 3 N–H and O–H groups in total. The minimum absolute atomic E-state index is 0.0575. The Morgan fingerprint density at radius 1 is 0.394 bits per heavy atom. The number of phosphoric ester groups is 1. The maximum Gasteiger partial charge on any atom is 0.472 e. The van der Waals surface area contributed by atoms with Gasteiger partial charge >= 0.3 is 19.8 Å². The van der Waals surface area contributed by atoms with Gasteiger partial charge in [-0.3, -0.25) is 18.6 Å². The second-order valence-electron chi connectivity index (χ2n) is 19.9. The molecule has 0 saturated heterocycles. The second-order valence-corrected chi connectivity index (χ2v) is 21.3. The van der Waals surface area contributed by atoms with E-state index in [0.29, 0.717) is 6.42 Å². The van der Waals surface area contributed by atoms with E-state index in [1.54, 1.807) is 0 Å². The number of rotatable bonds is 56. The van der Waals surface area contributed by atoms with Crippen molar-refractivity contribution in [2.24, 2.45) is 5.73 Å². The van der Waals surface area contributed by atoms with E-state index in [0.717, 1.165) is 44.9 Å². The van der Waals surface area contributed by atoms with Gasteiger partial charge < -0.3 is 20.1 Å². The molecule has 394 valence electrons. The molecule has 0 aliphatic heterocycles. The van der Waals surface area contributed by atoms with Crippen LogP contribution in [0.1, 0.15) is 316 Å². The van der Waals surface area contributed by atoms with Crippen LogP contribution in [0, 0.1) is 0 Å². The van der Waals surface area contributed by atoms with E-state index in [4.69, 9.17) is 24.3 Å². The fourth-order valence-corrected chi connectivity index (χ4v) is 9.70. The Morgan fingerprint density at radius 3 is 0.924 bits per heavy atom. The minimum Gasteiger partial charge on any atom is -0.462 e. The average Bonchev–Trinajstić information content (AvgIpc) is 3.31. The third-order valence-corrected chi connectivity index (χ3v) is 14.2. The van der Waals surface area contributed by atoms with E-state index in [-0.39, 0.29) is 38.6 Å². The van der Waals surface area contributed by atoms with E-state index in [9.17, 15) is 19.0 Å². The maximum absolute atomic E-state index is 12.6. The number of carbonyl (C=O) groups excluding carboxylic acids is 2. The van der Waals surface area contributed by atoms with Crippen molar-refractivity contribution in [1.82, 2.24) is 0 Å². The lowest BCUT2D eigenvalue weighted by molar-refractivity contribution is -0.161. The number of carbonyl (C=O) groups is 2. The molecule has 0 amide bonds. The predicted octanol–water partition coefficient (Wildman–Crippen LogP) is 17.9. The zero-order valence-corrected chi connectivity index (χ0v) is 44.9. The smallest absolute Gasteiger partial charge is 0.462 e. The van der Waals surface area contributed by atoms with Gasteiger partial charge in [-0.2, -0.15) is 0 Å². The molecule has 9 nitrogen and oxygen atoms in total. The van der Waals surface area contributed by atoms with Gasteiger partial charge in [0.05, 0.1) is 13.2 Å². The van der Waals surface area contributed by atoms with Crippen LogP contribution in [0.2, 0.25) is 0 Å². The van der Waals surface area contributed by atoms with Crippen LogP contribution < -0.4 is 5.73 Å². The number of hydrogen-bond acceptors (Lipinski definition) is 8. The van der Waals surface area contributed by atoms with Gasteiger partial charge in [0.25, 0.3) is 0 Å². The zero-order chi connectivity index (χ0) is 48.1. The van der Waals surface area contributed by atoms with Gasteiger partial charge in [-0.05, 0) is 12.8 Å². The summed E-state index contributed by atoms with van der Waals surface area (Å²) < 4.78 is 32.6. The summed E-state index contributed by atoms with van der Waals surface area (Å²) >= 11 is 0. The molecule has 0 rings (SSSR count). The molecule has 0 aliphatic carbocycles. The van der Waals surface area contributed by atoms with Crippen molar-refractivity contribution in [3.63, 3.8) is 0 Å². The fourth-order valence-electron chi connectivity index (χ4n) is 8.93. The molecular weight excluding hydrogens is 846 g/mol. The second kappa shape index (κ2) is 53.4. The molecule has 0 fully saturated rings. The highest BCUT2D eigenvalue weighted by molar-refractivity contribution is 7.47. The topological polar surface area (TPSA) is 134 Å². The Balaban J connectivity index is 3.53. The Kier molecular flexibility index (Phi) is 52.6. The third-order valence-electron chi connectivity index (χ3n) is 13.2. The van der Waals surface area contributed by atoms with Gasteiger partial charge in [0.15, 0.2) is 6.10 Å². The summed E-state index contributed by atoms with van der Waals surface area (Å²) in [6, 6.07) is 0. The maximum atomic E-state index is 12.6. The van der Waals surface area contributed by atoms with E-state index in [1.807, 2.05) is 0 Å². The third kappa shape index (κ3) is 52.4. The van der Waals surface area contributed by atoms with Crippen molar-refractivity contribution in [2.45, 2.75) is 322 Å². The first-order chi connectivity index (χ1) is 32.3. The molecule has 0 aromatic rings. The Hall–Kier alpha value is -0.990. The standard InChI is InChI=1S/C56H112NO8P/c1-3-5-7-9-10-11-12-13-14-15-16-17-18-19-20-21-22-23-24-25-26-27-28-29-30-31-32-33-34-35-36-37-38-39-40-41-42-43-45-47-49-56(59)65-54(53-64-66(60,61)63-51-50-57)52-62-55(58)48-46-44-8-6-4-2/h54H,3-53,57H2,1-2H3,(H,60,61). The molecule has 0 aromatic carbocycles. The molecule has 0 aliphatic rings. The van der Waals surface area contributed by atoms with Crippen molar-refractivity contribution in [2.75, 3.05) is 26.4 Å². The molecule has 10 heteroatoms. The fraction of sp³-hybridized carbons (Fsp3) is 0.964. The first-order valence-corrected chi connectivity index (χ1v) is 30.5. The zero-order valence-electron chi connectivity index (χ0n) is 44.0. The van der Waals surface area contributed by atoms with Crippen LogP contribution in [0.4, 0.5) is 0 Å². The number of phosphoric acid groups is 1. The number of unbranched alkanes of at least 4 members (excludes halogenated alkanes) is 43. The number of hydrogen-bond donors (Lipinski definition) is 2. The molecule has 0 aromatic heterocycles. The van der Waals surface area contributed by atoms with Crippen LogP contribution in [0.25, 0.3) is 0 Å². The largest absolute Gasteiger partial charge is 0.472 e. The highest BCUT2D eigenvalue weighted by Crippen LogP contribution is 2.43. The van der Waals surface area contributed by atoms with Crippen LogP contribution >= 0.6 is 7.82 Å². The highest BCUT2D eigenvalue weighted by atomic mass is 31.2. The van der Waals surface area contributed by atoms with Crippen molar-refractivity contribution in [1.29, 1.82) is 0 Å². The number of nitrogens with two attached hydrogens (primary N) is 1. The summed E-state index contributed by atoms with van der Waals surface area (Å²) in [5.74, 6) is -0.826. The summed E-state index contributed by atoms with van der Waals surface area (Å²) in [4.78, 5) is 34.6. The summed E-state index contributed by atoms with van der Waals surface area (Å²) in [7, 11) is -4.36. The van der Waals surface area contributed by atoms with Crippen molar-refractivity contribution in [3.05, 3.63) is 0 Å². The molecular formula is C56H112NO8P. The van der Waals surface area contributed by atoms with Crippen molar-refractivity contribution < 1.29 is 37.6 Å². The molecule has 0 bridgehead atoms. The number of ether oxygens (including phenoxy) is 2. The lowest BCUT2D eigenvalue weighted by Gasteiger charge is -2.19. The minimum atomic E-state index is -4.36. The molecule has 0 heterocycles. The summed E-state index contributed by atoms with van der Waals surface area (Å²) in [6.07, 6.45) is 59.9. The van der Waals surface area contributed by atoms with Gasteiger partial charge in [0.2, 0.25) is 0 Å². The Morgan fingerprint density at radius 2 is 0.652 bits per heavy atom. The molecule has 2 unspecified atom stereocenters. The normalized spacial score (nSPS) is 13.0. The molecule has 0 radical (unpaired) electrons. The molecule has 0 saturated carbocycles. The average molecular weight is 958 g/mol. The van der Waals surface area contributed by atoms with Crippen LogP contribution in [0.15, 0.2) is 0 Å². The van der Waals surface area contributed by atoms with Crippen LogP contribution in [0.3, 0.4) is 0 Å². The van der Waals surface area contributed by atoms with Crippen LogP contribution in [0.5, 0.6) is 0 Å². The summed E-state index contributed by atoms with van der Waals surface area (Å²) in [5, 5.41) is 0. The number of esters is 2. The van der Waals surface area contributed by atoms with E-state index in [1.165, 1.54) is 238 Å². The highest BCUT2D eigenvalue weighted by Gasteiger charge is 2.26. The Labute approximate surface area is 409 Å². The van der Waals surface area contributed by atoms with Gasteiger partial charge in [-0.25, -0.2) is 4.57 Å². The van der Waals surface area contributed by atoms with E-state index < -0.39 is 26.5 Å². The Bertz CT molecular complexity index is 1050. The lowest BCUT2D eigenvalue weighted by atomic mass is 10.0. The van der Waals surface area contributed by atoms with E-state index in [2.05, 4.69) is 13.8 Å². The SMILES string of the molecule is CCCCCCCCCCCCCCCCCCCCCCCCCCCCCCCCCCCCCCCCCCC(=O)OC(COC(=O)CCCCCCC)COP(=O)(O)OCCN. The first kappa shape index (κ1) is 65.0. The quantitative estimate of drug-likeness (QED) is 0.0347. The molecule has 66 heavy (non-hydrogen) atoms. The van der Waals surface area contributed by atoms with Crippen LogP contribution in [-0.4, -0.2) is 49.3 Å². The lowest BCUT2D eigenvalue weighted by Crippen LogP contribution is -2.29. The van der Waals surface area contributed by atoms with Crippen molar-refractivity contribution >= 4 is 19.8 Å². The van der Waals surface area contributed by atoms with Gasteiger partial charge in [0.1, 0.15) is 6.61 Å². The summed E-state index contributed by atoms with van der Waals surface area (Å²) in [5.41, 5.74) is 5.34. The van der Waals surface area contributed by atoms with Gasteiger partial charge in [-0.15, -0.1) is 0 Å². The summed E-state index contributed by atoms with van der Waals surface area (Å²) in [6.45, 7) is 3.69. The molecule has 2 atom stereocenters. The van der Waals surface area contributed by atoms with Gasteiger partial charge in [0, 0.05) is 19.4 Å². The van der Waals surface area contributed by atoms with Crippen LogP contribution in [-0.2, 0) is 32.7 Å². The van der Waals surface area contributed by atoms with Crippen molar-refractivity contribution in [3.8, 4) is 0 Å². The first-order valence-electron chi connectivity index (χ1n) is 29.0. The molecule has 0 spiro atoms. The van der Waals surface area contributed by atoms with E-state index >= 15 is 0 Å².